The highest BCUT2D eigenvalue weighted by Crippen LogP contribution is 2.38. The van der Waals surface area contributed by atoms with E-state index >= 15 is 0 Å². The van der Waals surface area contributed by atoms with Crippen molar-refractivity contribution in [1.82, 2.24) is 10.2 Å². The Morgan fingerprint density at radius 2 is 1.95 bits per heavy atom. The minimum Gasteiger partial charge on any atom is -0.372 e. The molecule has 0 aromatic heterocycles. The van der Waals surface area contributed by atoms with Gasteiger partial charge in [-0.1, -0.05) is 15.9 Å². The molecule has 0 spiro atoms. The van der Waals surface area contributed by atoms with Gasteiger partial charge in [0.15, 0.2) is 0 Å². The maximum absolute atomic E-state index is 3.57. The number of nitrogens with one attached hydrogen (secondary N) is 1. The van der Waals surface area contributed by atoms with Crippen molar-refractivity contribution in [3.63, 3.8) is 0 Å². The SMILES string of the molecule is CNCc1cc(Br)ccc1N(C)CC1(N(C)C)CCC1. The molecule has 3 nitrogen and oxygen atoms in total. The summed E-state index contributed by atoms with van der Waals surface area (Å²) in [6, 6.07) is 6.57. The highest BCUT2D eigenvalue weighted by atomic mass is 79.9. The molecule has 1 aromatic rings. The van der Waals surface area contributed by atoms with Crippen molar-refractivity contribution < 1.29 is 0 Å². The molecule has 0 bridgehead atoms. The number of halogens is 1. The second kappa shape index (κ2) is 6.46. The summed E-state index contributed by atoms with van der Waals surface area (Å²) in [5.74, 6) is 0. The van der Waals surface area contributed by atoms with Crippen molar-refractivity contribution in [3.05, 3.63) is 28.2 Å². The molecule has 1 saturated carbocycles. The van der Waals surface area contributed by atoms with Gasteiger partial charge in [0.2, 0.25) is 0 Å². The number of likely N-dealkylation sites (N-methyl/N-ethyl adjacent to an activating group) is 2. The fraction of sp³-hybridized carbons (Fsp3) is 0.625. The Labute approximate surface area is 131 Å². The van der Waals surface area contributed by atoms with Gasteiger partial charge in [0.1, 0.15) is 0 Å². The van der Waals surface area contributed by atoms with Crippen molar-refractivity contribution >= 4 is 21.6 Å². The summed E-state index contributed by atoms with van der Waals surface area (Å²) in [6.45, 7) is 1.99. The molecule has 0 unspecified atom stereocenters. The fourth-order valence-corrected chi connectivity index (χ4v) is 3.53. The number of anilines is 1. The minimum absolute atomic E-state index is 0.360. The predicted molar refractivity (Wildman–Crippen MR) is 90.4 cm³/mol. The normalized spacial score (nSPS) is 17.1. The van der Waals surface area contributed by atoms with Crippen LogP contribution in [-0.2, 0) is 6.54 Å². The third-order valence-corrected chi connectivity index (χ3v) is 5.08. The second-order valence-electron chi connectivity index (χ2n) is 6.13. The van der Waals surface area contributed by atoms with Crippen LogP contribution in [0.5, 0.6) is 0 Å². The molecular weight excluding hydrogens is 314 g/mol. The zero-order chi connectivity index (χ0) is 14.8. The average molecular weight is 340 g/mol. The van der Waals surface area contributed by atoms with E-state index in [1.54, 1.807) is 0 Å². The van der Waals surface area contributed by atoms with E-state index in [1.807, 2.05) is 7.05 Å². The van der Waals surface area contributed by atoms with E-state index < -0.39 is 0 Å². The van der Waals surface area contributed by atoms with E-state index in [0.29, 0.717) is 5.54 Å². The van der Waals surface area contributed by atoms with Crippen LogP contribution in [-0.4, -0.2) is 45.2 Å². The highest BCUT2D eigenvalue weighted by Gasteiger charge is 2.40. The molecule has 20 heavy (non-hydrogen) atoms. The first kappa shape index (κ1) is 15.8. The predicted octanol–water partition coefficient (Wildman–Crippen LogP) is 3.09. The molecule has 1 fully saturated rings. The molecule has 0 heterocycles. The average Bonchev–Trinajstić information content (AvgIpc) is 2.33. The van der Waals surface area contributed by atoms with E-state index in [-0.39, 0.29) is 0 Å². The van der Waals surface area contributed by atoms with Gasteiger partial charge in [0, 0.05) is 35.8 Å². The summed E-state index contributed by atoms with van der Waals surface area (Å²) in [5.41, 5.74) is 3.03. The van der Waals surface area contributed by atoms with E-state index in [0.717, 1.165) is 17.6 Å². The van der Waals surface area contributed by atoms with Crippen LogP contribution in [0.3, 0.4) is 0 Å². The van der Waals surface area contributed by atoms with Crippen LogP contribution in [0.1, 0.15) is 24.8 Å². The molecule has 1 N–H and O–H groups in total. The number of nitrogens with zero attached hydrogens (tertiary/aromatic N) is 2. The largest absolute Gasteiger partial charge is 0.372 e. The van der Waals surface area contributed by atoms with Crippen LogP contribution in [0.15, 0.2) is 22.7 Å². The van der Waals surface area contributed by atoms with Crippen LogP contribution in [0.4, 0.5) is 5.69 Å². The van der Waals surface area contributed by atoms with E-state index in [2.05, 4.69) is 70.4 Å². The second-order valence-corrected chi connectivity index (χ2v) is 7.05. The van der Waals surface area contributed by atoms with Gasteiger partial charge in [-0.05, 0) is 64.2 Å². The van der Waals surface area contributed by atoms with E-state index in [1.165, 1.54) is 30.5 Å². The summed E-state index contributed by atoms with van der Waals surface area (Å²) in [5, 5.41) is 3.26. The monoisotopic (exact) mass is 339 g/mol. The van der Waals surface area contributed by atoms with Crippen molar-refractivity contribution in [3.8, 4) is 0 Å². The Morgan fingerprint density at radius 1 is 1.25 bits per heavy atom. The molecular formula is C16H26BrN3. The minimum atomic E-state index is 0.360. The standard InChI is InChI=1S/C16H26BrN3/c1-18-11-13-10-14(17)6-7-15(13)20(4)12-16(19(2)3)8-5-9-16/h6-7,10,18H,5,8-9,11-12H2,1-4H3. The molecule has 2 rings (SSSR count). The summed E-state index contributed by atoms with van der Waals surface area (Å²) in [6.07, 6.45) is 3.97. The van der Waals surface area contributed by atoms with Crippen molar-refractivity contribution in [2.75, 3.05) is 39.6 Å². The smallest absolute Gasteiger partial charge is 0.0410 e. The Kier molecular flexibility index (Phi) is 5.10. The fourth-order valence-electron chi connectivity index (χ4n) is 3.12. The van der Waals surface area contributed by atoms with E-state index in [9.17, 15) is 0 Å². The molecule has 0 atom stereocenters. The molecule has 0 aliphatic heterocycles. The molecule has 0 radical (unpaired) electrons. The molecule has 1 aliphatic carbocycles. The first-order valence-corrected chi connectivity index (χ1v) is 8.09. The number of hydrogen-bond acceptors (Lipinski definition) is 3. The zero-order valence-electron chi connectivity index (χ0n) is 13.0. The topological polar surface area (TPSA) is 18.5 Å². The lowest BCUT2D eigenvalue weighted by molar-refractivity contribution is 0.0683. The first-order chi connectivity index (χ1) is 9.48. The highest BCUT2D eigenvalue weighted by molar-refractivity contribution is 9.10. The lowest BCUT2D eigenvalue weighted by Gasteiger charge is -2.49. The van der Waals surface area contributed by atoms with Gasteiger partial charge < -0.3 is 15.1 Å². The first-order valence-electron chi connectivity index (χ1n) is 7.30. The van der Waals surface area contributed by atoms with Crippen LogP contribution in [0.2, 0.25) is 0 Å². The van der Waals surface area contributed by atoms with Gasteiger partial charge in [-0.15, -0.1) is 0 Å². The van der Waals surface area contributed by atoms with Crippen molar-refractivity contribution in [2.24, 2.45) is 0 Å². The molecule has 0 saturated heterocycles. The lowest BCUT2D eigenvalue weighted by Crippen LogP contribution is -2.56. The zero-order valence-corrected chi connectivity index (χ0v) is 14.6. The summed E-state index contributed by atoms with van der Waals surface area (Å²) >= 11 is 3.57. The molecule has 4 heteroatoms. The van der Waals surface area contributed by atoms with E-state index in [4.69, 9.17) is 0 Å². The number of rotatable bonds is 6. The number of hydrogen-bond donors (Lipinski definition) is 1. The Bertz CT molecular complexity index is 455. The van der Waals surface area contributed by atoms with Gasteiger partial charge in [0.25, 0.3) is 0 Å². The third kappa shape index (κ3) is 3.18. The summed E-state index contributed by atoms with van der Waals surface area (Å²) in [7, 11) is 8.63. The summed E-state index contributed by atoms with van der Waals surface area (Å²) < 4.78 is 1.14. The Balaban J connectivity index is 2.18. The third-order valence-electron chi connectivity index (χ3n) is 4.58. The van der Waals surface area contributed by atoms with Gasteiger partial charge in [0.05, 0.1) is 0 Å². The van der Waals surface area contributed by atoms with Crippen LogP contribution < -0.4 is 10.2 Å². The van der Waals surface area contributed by atoms with Gasteiger partial charge in [-0.25, -0.2) is 0 Å². The summed E-state index contributed by atoms with van der Waals surface area (Å²) in [4.78, 5) is 4.82. The van der Waals surface area contributed by atoms with Crippen LogP contribution in [0.25, 0.3) is 0 Å². The van der Waals surface area contributed by atoms with Gasteiger partial charge >= 0.3 is 0 Å². The maximum atomic E-state index is 3.57. The Hall–Kier alpha value is -0.580. The molecule has 1 aliphatic rings. The van der Waals surface area contributed by atoms with Gasteiger partial charge in [-0.2, -0.15) is 0 Å². The molecule has 1 aromatic carbocycles. The van der Waals surface area contributed by atoms with Crippen molar-refractivity contribution in [1.29, 1.82) is 0 Å². The molecule has 0 amide bonds. The van der Waals surface area contributed by atoms with Gasteiger partial charge in [-0.3, -0.25) is 0 Å². The van der Waals surface area contributed by atoms with Crippen LogP contribution >= 0.6 is 15.9 Å². The van der Waals surface area contributed by atoms with Crippen molar-refractivity contribution in [2.45, 2.75) is 31.3 Å². The maximum Gasteiger partial charge on any atom is 0.0410 e. The quantitative estimate of drug-likeness (QED) is 0.859. The Morgan fingerprint density at radius 3 is 2.45 bits per heavy atom. The van der Waals surface area contributed by atoms with Crippen LogP contribution in [0, 0.1) is 0 Å². The molecule has 112 valence electrons. The number of benzene rings is 1. The lowest BCUT2D eigenvalue weighted by atomic mass is 9.75.